The number of rotatable bonds is 0. The van der Waals surface area contributed by atoms with E-state index in [1.165, 1.54) is 37.9 Å². The van der Waals surface area contributed by atoms with Gasteiger partial charge in [-0.2, -0.15) is 0 Å². The Morgan fingerprint density at radius 1 is 1.12 bits per heavy atom. The summed E-state index contributed by atoms with van der Waals surface area (Å²) in [6, 6.07) is 0. The van der Waals surface area contributed by atoms with Crippen LogP contribution in [0.2, 0.25) is 0 Å². The molecule has 1 N–H and O–H groups in total. The third-order valence-electron chi connectivity index (χ3n) is 4.53. The molecule has 1 saturated carbocycles. The first-order chi connectivity index (χ1) is 7.73. The third kappa shape index (κ3) is 3.20. The van der Waals surface area contributed by atoms with Crippen molar-refractivity contribution in [2.45, 2.75) is 77.1 Å². The largest absolute Gasteiger partial charge is 0.297 e. The second-order valence-corrected chi connectivity index (χ2v) is 9.14. The Bertz CT molecular complexity index is 279. The monoisotopic (exact) mass is 255 g/mol. The lowest BCUT2D eigenvalue weighted by Crippen LogP contribution is -2.47. The molecule has 0 aromatic carbocycles. The van der Waals surface area contributed by atoms with Crippen LogP contribution in [-0.4, -0.2) is 16.2 Å². The van der Waals surface area contributed by atoms with Gasteiger partial charge >= 0.3 is 0 Å². The molecule has 2 heteroatoms. The van der Waals surface area contributed by atoms with Gasteiger partial charge < -0.3 is 0 Å². The maximum atomic E-state index is 3.92. The molecule has 0 bridgehead atoms. The van der Waals surface area contributed by atoms with Crippen molar-refractivity contribution in [1.82, 2.24) is 5.32 Å². The van der Waals surface area contributed by atoms with Crippen molar-refractivity contribution in [2.24, 2.45) is 11.3 Å². The van der Waals surface area contributed by atoms with E-state index in [4.69, 9.17) is 0 Å². The van der Waals surface area contributed by atoms with Gasteiger partial charge in [-0.3, -0.25) is 5.32 Å². The molecule has 2 rings (SSSR count). The van der Waals surface area contributed by atoms with Crippen LogP contribution in [0.15, 0.2) is 0 Å². The second-order valence-electron chi connectivity index (χ2n) is 7.79. The predicted octanol–water partition coefficient (Wildman–Crippen LogP) is 4.42. The van der Waals surface area contributed by atoms with Gasteiger partial charge in [-0.1, -0.05) is 27.2 Å². The fraction of sp³-hybridized carbons (Fsp3) is 1.00. The SMILES string of the molecule is CC1(C)CSC2(CCCC(C(C)(C)C)CC2)N1. The van der Waals surface area contributed by atoms with E-state index in [-0.39, 0.29) is 0 Å². The van der Waals surface area contributed by atoms with E-state index in [2.05, 4.69) is 51.7 Å². The zero-order valence-corrected chi connectivity index (χ0v) is 13.0. The smallest absolute Gasteiger partial charge is 0.0650 e. The molecule has 1 spiro atoms. The van der Waals surface area contributed by atoms with Gasteiger partial charge in [-0.25, -0.2) is 0 Å². The van der Waals surface area contributed by atoms with E-state index in [1.54, 1.807) is 0 Å². The van der Waals surface area contributed by atoms with Crippen LogP contribution in [0.25, 0.3) is 0 Å². The summed E-state index contributed by atoms with van der Waals surface area (Å²) in [6.07, 6.45) is 6.96. The zero-order chi connectivity index (χ0) is 12.7. The molecule has 0 aromatic rings. The normalized spacial score (nSPS) is 38.3. The van der Waals surface area contributed by atoms with Gasteiger partial charge in [-0.05, 0) is 50.9 Å². The standard InChI is InChI=1S/C15H29NS/c1-13(2,3)12-7-6-9-15(10-8-12)16-14(4,5)11-17-15/h12,16H,6-11H2,1-5H3. The van der Waals surface area contributed by atoms with Gasteiger partial charge in [0.15, 0.2) is 0 Å². The summed E-state index contributed by atoms with van der Waals surface area (Å²) >= 11 is 2.19. The Balaban J connectivity index is 2.02. The van der Waals surface area contributed by atoms with Crippen LogP contribution in [0.5, 0.6) is 0 Å². The minimum Gasteiger partial charge on any atom is -0.297 e. The van der Waals surface area contributed by atoms with Crippen molar-refractivity contribution in [3.8, 4) is 0 Å². The first-order valence-corrected chi connectivity index (χ1v) is 8.14. The Morgan fingerprint density at radius 3 is 2.35 bits per heavy atom. The molecule has 2 atom stereocenters. The van der Waals surface area contributed by atoms with E-state index in [0.29, 0.717) is 15.8 Å². The average molecular weight is 255 g/mol. The molecule has 2 unspecified atom stereocenters. The Labute approximate surface area is 112 Å². The van der Waals surface area contributed by atoms with Crippen molar-refractivity contribution in [3.05, 3.63) is 0 Å². The third-order valence-corrected chi connectivity index (χ3v) is 6.46. The van der Waals surface area contributed by atoms with Crippen molar-refractivity contribution in [3.63, 3.8) is 0 Å². The highest BCUT2D eigenvalue weighted by atomic mass is 32.2. The summed E-state index contributed by atoms with van der Waals surface area (Å²) in [4.78, 5) is 0.406. The molecule has 2 fully saturated rings. The highest BCUT2D eigenvalue weighted by Crippen LogP contribution is 2.47. The van der Waals surface area contributed by atoms with Crippen LogP contribution in [0.4, 0.5) is 0 Å². The van der Waals surface area contributed by atoms with Gasteiger partial charge in [0.2, 0.25) is 0 Å². The van der Waals surface area contributed by atoms with E-state index in [9.17, 15) is 0 Å². The Hall–Kier alpha value is 0.310. The van der Waals surface area contributed by atoms with Crippen molar-refractivity contribution in [2.75, 3.05) is 5.75 Å². The first-order valence-electron chi connectivity index (χ1n) is 7.16. The highest BCUT2D eigenvalue weighted by molar-refractivity contribution is 8.00. The van der Waals surface area contributed by atoms with E-state index in [0.717, 1.165) is 5.92 Å². The lowest BCUT2D eigenvalue weighted by atomic mass is 9.76. The molecule has 2 aliphatic rings. The van der Waals surface area contributed by atoms with Crippen molar-refractivity contribution >= 4 is 11.8 Å². The Morgan fingerprint density at radius 2 is 1.82 bits per heavy atom. The summed E-state index contributed by atoms with van der Waals surface area (Å²) in [6.45, 7) is 11.9. The van der Waals surface area contributed by atoms with Gasteiger partial charge in [-0.15, -0.1) is 11.8 Å². The number of nitrogens with one attached hydrogen (secondary N) is 1. The fourth-order valence-electron chi connectivity index (χ4n) is 3.45. The van der Waals surface area contributed by atoms with Crippen LogP contribution >= 0.6 is 11.8 Å². The average Bonchev–Trinajstić information content (AvgIpc) is 2.36. The topological polar surface area (TPSA) is 12.0 Å². The maximum absolute atomic E-state index is 3.92. The second kappa shape index (κ2) is 4.45. The minimum absolute atomic E-state index is 0.340. The summed E-state index contributed by atoms with van der Waals surface area (Å²) in [5.41, 5.74) is 0.830. The lowest BCUT2D eigenvalue weighted by molar-refractivity contribution is 0.211. The molecule has 0 amide bonds. The first kappa shape index (κ1) is 13.7. The fourth-order valence-corrected chi connectivity index (χ4v) is 5.06. The van der Waals surface area contributed by atoms with Crippen LogP contribution in [0.3, 0.4) is 0 Å². The summed E-state index contributed by atoms with van der Waals surface area (Å²) < 4.78 is 0. The number of hydrogen-bond acceptors (Lipinski definition) is 2. The maximum Gasteiger partial charge on any atom is 0.0650 e. The molecule has 1 nitrogen and oxygen atoms in total. The lowest BCUT2D eigenvalue weighted by Gasteiger charge is -2.32. The number of hydrogen-bond donors (Lipinski definition) is 1. The summed E-state index contributed by atoms with van der Waals surface area (Å²) in [5, 5.41) is 3.92. The van der Waals surface area contributed by atoms with Crippen LogP contribution in [0, 0.1) is 11.3 Å². The molecule has 1 heterocycles. The quantitative estimate of drug-likeness (QED) is 0.687. The molecule has 0 aromatic heterocycles. The molecule has 0 radical (unpaired) electrons. The molecular formula is C15H29NS. The van der Waals surface area contributed by atoms with Crippen LogP contribution in [0.1, 0.15) is 66.7 Å². The van der Waals surface area contributed by atoms with Crippen molar-refractivity contribution in [1.29, 1.82) is 0 Å². The van der Waals surface area contributed by atoms with Crippen LogP contribution < -0.4 is 5.32 Å². The van der Waals surface area contributed by atoms with Gasteiger partial charge in [0.05, 0.1) is 4.87 Å². The predicted molar refractivity (Wildman–Crippen MR) is 78.4 cm³/mol. The molecule has 1 aliphatic carbocycles. The molecule has 1 aliphatic heterocycles. The van der Waals surface area contributed by atoms with E-state index < -0.39 is 0 Å². The summed E-state index contributed by atoms with van der Waals surface area (Å²) in [7, 11) is 0. The zero-order valence-electron chi connectivity index (χ0n) is 12.2. The Kier molecular flexibility index (Phi) is 3.60. The van der Waals surface area contributed by atoms with Gasteiger partial charge in [0.1, 0.15) is 0 Å². The number of thioether (sulfide) groups is 1. The summed E-state index contributed by atoms with van der Waals surface area (Å²) in [5.74, 6) is 2.18. The van der Waals surface area contributed by atoms with Crippen LogP contribution in [-0.2, 0) is 0 Å². The van der Waals surface area contributed by atoms with Crippen molar-refractivity contribution < 1.29 is 0 Å². The van der Waals surface area contributed by atoms with Gasteiger partial charge in [0, 0.05) is 11.3 Å². The molecular weight excluding hydrogens is 226 g/mol. The molecule has 17 heavy (non-hydrogen) atoms. The van der Waals surface area contributed by atoms with E-state index in [1.807, 2.05) is 0 Å². The minimum atomic E-state index is 0.340. The highest BCUT2D eigenvalue weighted by Gasteiger charge is 2.44. The van der Waals surface area contributed by atoms with E-state index >= 15 is 0 Å². The van der Waals surface area contributed by atoms with Gasteiger partial charge in [0.25, 0.3) is 0 Å². The molecule has 1 saturated heterocycles. The molecule has 100 valence electrons.